The van der Waals surface area contributed by atoms with Crippen LogP contribution in [0.2, 0.25) is 0 Å². The molecule has 8 heteroatoms. The molecular formula is C14H16F2N2O3S. The fourth-order valence-corrected chi connectivity index (χ4v) is 4.25. The molecule has 1 saturated heterocycles. The van der Waals surface area contributed by atoms with Gasteiger partial charge in [0.2, 0.25) is 5.91 Å². The standard InChI is InChI=1S/C14H16F2N2O3S/c1-9(14-11(15)3-2-4-12(14)16)17-18-13(19)7-10-5-6-22(20,21)8-10/h2-4,10H,5-8H2,1H3,(H,18,19)/b17-9-/t10-/m0/s1. The first-order valence-electron chi connectivity index (χ1n) is 6.76. The van der Waals surface area contributed by atoms with E-state index in [1.165, 1.54) is 13.0 Å². The van der Waals surface area contributed by atoms with Gasteiger partial charge in [-0.2, -0.15) is 5.10 Å². The summed E-state index contributed by atoms with van der Waals surface area (Å²) < 4.78 is 49.7. The zero-order valence-electron chi connectivity index (χ0n) is 12.0. The average molecular weight is 330 g/mol. The van der Waals surface area contributed by atoms with Crippen LogP contribution in [0.4, 0.5) is 8.78 Å². The summed E-state index contributed by atoms with van der Waals surface area (Å²) >= 11 is 0. The lowest BCUT2D eigenvalue weighted by Gasteiger charge is -2.07. The van der Waals surface area contributed by atoms with Crippen LogP contribution in [0.15, 0.2) is 23.3 Å². The summed E-state index contributed by atoms with van der Waals surface area (Å²) in [6.45, 7) is 1.38. The molecule has 0 radical (unpaired) electrons. The van der Waals surface area contributed by atoms with Crippen molar-refractivity contribution in [3.8, 4) is 0 Å². The highest BCUT2D eigenvalue weighted by atomic mass is 32.2. The molecule has 1 N–H and O–H groups in total. The summed E-state index contributed by atoms with van der Waals surface area (Å²) in [6, 6.07) is 3.44. The number of hydrogen-bond donors (Lipinski definition) is 1. The Hall–Kier alpha value is -1.83. The first-order chi connectivity index (χ1) is 10.3. The van der Waals surface area contributed by atoms with Gasteiger partial charge in [-0.15, -0.1) is 0 Å². The highest BCUT2D eigenvalue weighted by Crippen LogP contribution is 2.21. The molecule has 0 aliphatic carbocycles. The Bertz CT molecular complexity index is 697. The number of carbonyl (C=O) groups excluding carboxylic acids is 1. The summed E-state index contributed by atoms with van der Waals surface area (Å²) in [5, 5.41) is 3.68. The second kappa shape index (κ2) is 6.51. The number of carbonyl (C=O) groups is 1. The maximum Gasteiger partial charge on any atom is 0.240 e. The Labute approximate surface area is 127 Å². The van der Waals surface area contributed by atoms with Crippen molar-refractivity contribution in [2.24, 2.45) is 11.0 Å². The van der Waals surface area contributed by atoms with Crippen LogP contribution < -0.4 is 5.43 Å². The van der Waals surface area contributed by atoms with Crippen molar-refractivity contribution in [1.29, 1.82) is 0 Å². The van der Waals surface area contributed by atoms with Gasteiger partial charge < -0.3 is 0 Å². The van der Waals surface area contributed by atoms with E-state index < -0.39 is 27.4 Å². The van der Waals surface area contributed by atoms with Gasteiger partial charge in [-0.05, 0) is 31.4 Å². The SMILES string of the molecule is C/C(=N/NC(=O)C[C@@H]1CCS(=O)(=O)C1)c1c(F)cccc1F. The topological polar surface area (TPSA) is 75.6 Å². The van der Waals surface area contributed by atoms with Crippen molar-refractivity contribution < 1.29 is 22.0 Å². The smallest absolute Gasteiger partial charge is 0.240 e. The third-order valence-electron chi connectivity index (χ3n) is 3.47. The summed E-state index contributed by atoms with van der Waals surface area (Å²) in [7, 11) is -3.04. The molecule has 1 aromatic rings. The summed E-state index contributed by atoms with van der Waals surface area (Å²) in [5.41, 5.74) is 1.91. The third-order valence-corrected chi connectivity index (χ3v) is 5.31. The Morgan fingerprint density at radius 3 is 2.55 bits per heavy atom. The van der Waals surface area contributed by atoms with Crippen LogP contribution in [0.1, 0.15) is 25.3 Å². The molecule has 0 bridgehead atoms. The molecule has 0 unspecified atom stereocenters. The fourth-order valence-electron chi connectivity index (χ4n) is 2.39. The monoisotopic (exact) mass is 330 g/mol. The molecule has 22 heavy (non-hydrogen) atoms. The predicted octanol–water partition coefficient (Wildman–Crippen LogP) is 1.63. The number of sulfone groups is 1. The van der Waals surface area contributed by atoms with E-state index in [1.54, 1.807) is 0 Å². The highest BCUT2D eigenvalue weighted by molar-refractivity contribution is 7.91. The van der Waals surface area contributed by atoms with Gasteiger partial charge in [-0.1, -0.05) is 6.07 Å². The fraction of sp³-hybridized carbons (Fsp3) is 0.429. The number of amides is 1. The zero-order valence-corrected chi connectivity index (χ0v) is 12.8. The molecule has 1 heterocycles. The second-order valence-electron chi connectivity index (χ2n) is 5.30. The van der Waals surface area contributed by atoms with Crippen molar-refractivity contribution in [3.05, 3.63) is 35.4 Å². The van der Waals surface area contributed by atoms with E-state index in [4.69, 9.17) is 0 Å². The Morgan fingerprint density at radius 1 is 1.36 bits per heavy atom. The van der Waals surface area contributed by atoms with Crippen LogP contribution in [0.5, 0.6) is 0 Å². The van der Waals surface area contributed by atoms with E-state index in [9.17, 15) is 22.0 Å². The Morgan fingerprint density at radius 2 is 2.00 bits per heavy atom. The first kappa shape index (κ1) is 16.5. The van der Waals surface area contributed by atoms with Crippen molar-refractivity contribution in [3.63, 3.8) is 0 Å². The van der Waals surface area contributed by atoms with Crippen LogP contribution in [0, 0.1) is 17.6 Å². The van der Waals surface area contributed by atoms with Gasteiger partial charge in [0.1, 0.15) is 11.6 Å². The quantitative estimate of drug-likeness (QED) is 0.673. The Balaban J connectivity index is 1.98. The van der Waals surface area contributed by atoms with Crippen molar-refractivity contribution in [1.82, 2.24) is 5.43 Å². The van der Waals surface area contributed by atoms with Gasteiger partial charge in [0, 0.05) is 6.42 Å². The number of nitrogens with one attached hydrogen (secondary N) is 1. The van der Waals surface area contributed by atoms with Gasteiger partial charge in [-0.3, -0.25) is 4.79 Å². The molecule has 1 aliphatic rings. The highest BCUT2D eigenvalue weighted by Gasteiger charge is 2.29. The van der Waals surface area contributed by atoms with Gasteiger partial charge in [-0.25, -0.2) is 22.6 Å². The van der Waals surface area contributed by atoms with Gasteiger partial charge in [0.15, 0.2) is 9.84 Å². The van der Waals surface area contributed by atoms with Gasteiger partial charge in [0.25, 0.3) is 0 Å². The van der Waals surface area contributed by atoms with Crippen LogP contribution in [-0.4, -0.2) is 31.5 Å². The lowest BCUT2D eigenvalue weighted by Crippen LogP contribution is -2.23. The lowest BCUT2D eigenvalue weighted by atomic mass is 10.1. The van der Waals surface area contributed by atoms with Crippen LogP contribution in [0.25, 0.3) is 0 Å². The zero-order chi connectivity index (χ0) is 16.3. The third kappa shape index (κ3) is 4.09. The molecule has 1 amide bonds. The first-order valence-corrected chi connectivity index (χ1v) is 8.58. The van der Waals surface area contributed by atoms with E-state index >= 15 is 0 Å². The number of hydrazone groups is 1. The molecule has 1 aliphatic heterocycles. The minimum absolute atomic E-state index is 0.00277. The normalized spacial score (nSPS) is 20.9. The maximum absolute atomic E-state index is 13.5. The van der Waals surface area contributed by atoms with Crippen LogP contribution in [0.3, 0.4) is 0 Å². The van der Waals surface area contributed by atoms with Crippen molar-refractivity contribution >= 4 is 21.5 Å². The van der Waals surface area contributed by atoms with E-state index in [2.05, 4.69) is 10.5 Å². The van der Waals surface area contributed by atoms with E-state index in [0.717, 1.165) is 12.1 Å². The number of rotatable bonds is 4. The number of benzene rings is 1. The van der Waals surface area contributed by atoms with E-state index in [-0.39, 0.29) is 35.1 Å². The molecular weight excluding hydrogens is 314 g/mol. The summed E-state index contributed by atoms with van der Waals surface area (Å²) in [6.07, 6.45) is 0.468. The largest absolute Gasteiger partial charge is 0.273 e. The molecule has 1 aromatic carbocycles. The van der Waals surface area contributed by atoms with Gasteiger partial charge >= 0.3 is 0 Å². The van der Waals surface area contributed by atoms with Crippen LogP contribution >= 0.6 is 0 Å². The number of halogens is 2. The molecule has 1 atom stereocenters. The average Bonchev–Trinajstić information content (AvgIpc) is 2.75. The minimum atomic E-state index is -3.04. The molecule has 0 saturated carbocycles. The minimum Gasteiger partial charge on any atom is -0.273 e. The molecule has 1 fully saturated rings. The number of hydrogen-bond acceptors (Lipinski definition) is 4. The van der Waals surface area contributed by atoms with Crippen molar-refractivity contribution in [2.75, 3.05) is 11.5 Å². The van der Waals surface area contributed by atoms with Crippen molar-refractivity contribution in [2.45, 2.75) is 19.8 Å². The maximum atomic E-state index is 13.5. The molecule has 0 aromatic heterocycles. The molecule has 120 valence electrons. The Kier molecular flexibility index (Phi) is 4.90. The van der Waals surface area contributed by atoms with Gasteiger partial charge in [0.05, 0.1) is 22.8 Å². The number of nitrogens with zero attached hydrogens (tertiary/aromatic N) is 1. The second-order valence-corrected chi connectivity index (χ2v) is 7.53. The molecule has 0 spiro atoms. The van der Waals surface area contributed by atoms with E-state index in [1.807, 2.05) is 0 Å². The molecule has 2 rings (SSSR count). The van der Waals surface area contributed by atoms with Crippen LogP contribution in [-0.2, 0) is 14.6 Å². The van der Waals surface area contributed by atoms with E-state index in [0.29, 0.717) is 6.42 Å². The summed E-state index contributed by atoms with van der Waals surface area (Å²) in [4.78, 5) is 11.7. The lowest BCUT2D eigenvalue weighted by molar-refractivity contribution is -0.121. The predicted molar refractivity (Wildman–Crippen MR) is 78.1 cm³/mol. The molecule has 5 nitrogen and oxygen atoms in total. The summed E-state index contributed by atoms with van der Waals surface area (Å²) in [5.74, 6) is -2.16.